The van der Waals surface area contributed by atoms with Crippen LogP contribution in [0.15, 0.2) is 30.0 Å². The van der Waals surface area contributed by atoms with E-state index in [4.69, 9.17) is 5.11 Å². The van der Waals surface area contributed by atoms with Crippen molar-refractivity contribution in [2.75, 3.05) is 6.61 Å². The molecule has 3 nitrogen and oxygen atoms in total. The van der Waals surface area contributed by atoms with Crippen molar-refractivity contribution in [2.24, 2.45) is 0 Å². The summed E-state index contributed by atoms with van der Waals surface area (Å²) in [5.74, 6) is 0. The summed E-state index contributed by atoms with van der Waals surface area (Å²) in [7, 11) is 0. The predicted molar refractivity (Wildman–Crippen MR) is 70.6 cm³/mol. The molecule has 0 aliphatic rings. The number of nitrogens with zero attached hydrogens (tertiary/aromatic N) is 2. The topological polar surface area (TPSA) is 37.0 Å². The maximum Gasteiger partial charge on any atom is 0.225 e. The van der Waals surface area contributed by atoms with E-state index in [0.29, 0.717) is 0 Å². The zero-order chi connectivity index (χ0) is 11.4. The molecule has 2 heterocycles. The van der Waals surface area contributed by atoms with Crippen LogP contribution in [-0.2, 0) is 13.0 Å². The number of hydrogen-bond acceptors (Lipinski definition) is 3. The fourth-order valence-corrected chi connectivity index (χ4v) is 2.62. The highest BCUT2D eigenvalue weighted by Crippen LogP contribution is 2.11. The SMILES string of the molecule is Cc1c(CCO)sc[n+]1Cc1cccnc1.Cl.[Cl-]. The van der Waals surface area contributed by atoms with Crippen LogP contribution >= 0.6 is 23.7 Å². The van der Waals surface area contributed by atoms with Crippen LogP contribution in [-0.4, -0.2) is 16.7 Å². The van der Waals surface area contributed by atoms with Gasteiger partial charge in [-0.15, -0.1) is 12.4 Å². The number of thiazole rings is 1. The summed E-state index contributed by atoms with van der Waals surface area (Å²) < 4.78 is 2.20. The van der Waals surface area contributed by atoms with Crippen LogP contribution < -0.4 is 17.0 Å². The molecule has 0 bridgehead atoms. The van der Waals surface area contributed by atoms with E-state index in [-0.39, 0.29) is 31.4 Å². The van der Waals surface area contributed by atoms with Crippen molar-refractivity contribution in [1.29, 1.82) is 0 Å². The van der Waals surface area contributed by atoms with Crippen molar-refractivity contribution in [3.8, 4) is 0 Å². The molecule has 6 heteroatoms. The molecule has 0 spiro atoms. The second-order valence-electron chi connectivity index (χ2n) is 3.69. The number of halogens is 2. The van der Waals surface area contributed by atoms with E-state index in [0.717, 1.165) is 13.0 Å². The molecule has 0 atom stereocenters. The van der Waals surface area contributed by atoms with Crippen molar-refractivity contribution in [1.82, 2.24) is 4.98 Å². The molecule has 2 rings (SSSR count). The lowest BCUT2D eigenvalue weighted by Gasteiger charge is -1.96. The Morgan fingerprint density at radius 1 is 1.44 bits per heavy atom. The third kappa shape index (κ3) is 4.21. The summed E-state index contributed by atoms with van der Waals surface area (Å²) in [6.45, 7) is 3.16. The van der Waals surface area contributed by atoms with Crippen molar-refractivity contribution in [2.45, 2.75) is 19.9 Å². The first-order valence-corrected chi connectivity index (χ1v) is 6.15. The van der Waals surface area contributed by atoms with E-state index >= 15 is 0 Å². The van der Waals surface area contributed by atoms with Crippen molar-refractivity contribution >= 4 is 23.7 Å². The lowest BCUT2D eigenvalue weighted by molar-refractivity contribution is -0.689. The molecule has 0 saturated heterocycles. The molecule has 1 N–H and O–H groups in total. The molecule has 0 unspecified atom stereocenters. The molecular formula is C12H16Cl2N2OS. The number of aromatic nitrogens is 2. The maximum atomic E-state index is 8.93. The molecule has 0 fully saturated rings. The fourth-order valence-electron chi connectivity index (χ4n) is 1.64. The summed E-state index contributed by atoms with van der Waals surface area (Å²) in [6, 6.07) is 4.02. The standard InChI is InChI=1S/C12H15N2OS.2ClH/c1-10-12(4-6-15)16-9-14(10)8-11-3-2-5-13-7-11;;/h2-3,5,7,9,15H,4,6,8H2,1H3;2*1H/q+1;;/p-1. The second-order valence-corrected chi connectivity index (χ2v) is 4.63. The number of pyridine rings is 1. The van der Waals surface area contributed by atoms with Gasteiger partial charge in [-0.3, -0.25) is 4.98 Å². The molecule has 0 aromatic carbocycles. The van der Waals surface area contributed by atoms with Gasteiger partial charge < -0.3 is 17.5 Å². The lowest BCUT2D eigenvalue weighted by Crippen LogP contribution is -3.00. The minimum Gasteiger partial charge on any atom is -1.00 e. The number of rotatable bonds is 4. The Balaban J connectivity index is 0.00000144. The molecule has 0 amide bonds. The molecule has 0 radical (unpaired) electrons. The summed E-state index contributed by atoms with van der Waals surface area (Å²) >= 11 is 1.70. The average Bonchev–Trinajstić information content (AvgIpc) is 2.64. The quantitative estimate of drug-likeness (QED) is 0.717. The van der Waals surface area contributed by atoms with Crippen molar-refractivity contribution < 1.29 is 22.1 Å². The zero-order valence-electron chi connectivity index (χ0n) is 10.0. The minimum absolute atomic E-state index is 0. The molecule has 0 aliphatic carbocycles. The molecule has 0 aliphatic heterocycles. The van der Waals surface area contributed by atoms with E-state index in [1.807, 2.05) is 12.3 Å². The Hall–Kier alpha value is -0.680. The second kappa shape index (κ2) is 8.43. The zero-order valence-corrected chi connectivity index (χ0v) is 12.4. The monoisotopic (exact) mass is 306 g/mol. The number of aliphatic hydroxyl groups is 1. The largest absolute Gasteiger partial charge is 1.00 e. The molecule has 0 saturated carbocycles. The Morgan fingerprint density at radius 3 is 2.83 bits per heavy atom. The van der Waals surface area contributed by atoms with Gasteiger partial charge in [-0.1, -0.05) is 11.3 Å². The first-order chi connectivity index (χ1) is 7.81. The van der Waals surface area contributed by atoms with E-state index in [1.54, 1.807) is 17.5 Å². The summed E-state index contributed by atoms with van der Waals surface area (Å²) in [5.41, 5.74) is 4.54. The van der Waals surface area contributed by atoms with Crippen LogP contribution in [0.1, 0.15) is 16.1 Å². The van der Waals surface area contributed by atoms with Gasteiger partial charge in [0.1, 0.15) is 0 Å². The molecule has 100 valence electrons. The highest BCUT2D eigenvalue weighted by molar-refractivity contribution is 7.09. The Morgan fingerprint density at radius 2 is 2.22 bits per heavy atom. The molecule has 18 heavy (non-hydrogen) atoms. The highest BCUT2D eigenvalue weighted by Gasteiger charge is 2.14. The third-order valence-electron chi connectivity index (χ3n) is 2.57. The summed E-state index contributed by atoms with van der Waals surface area (Å²) in [5, 5.41) is 8.93. The van der Waals surface area contributed by atoms with Gasteiger partial charge >= 0.3 is 0 Å². The van der Waals surface area contributed by atoms with Gasteiger partial charge in [0.25, 0.3) is 0 Å². The van der Waals surface area contributed by atoms with E-state index < -0.39 is 0 Å². The number of hydrogen-bond donors (Lipinski definition) is 1. The van der Waals surface area contributed by atoms with Crippen LogP contribution in [0.2, 0.25) is 0 Å². The Bertz CT molecular complexity index is 462. The van der Waals surface area contributed by atoms with Crippen molar-refractivity contribution in [3.63, 3.8) is 0 Å². The first kappa shape index (κ1) is 17.3. The molecular weight excluding hydrogens is 291 g/mol. The summed E-state index contributed by atoms with van der Waals surface area (Å²) in [6.07, 6.45) is 4.41. The molecule has 2 aromatic heterocycles. The predicted octanol–water partition coefficient (Wildman–Crippen LogP) is -1.25. The smallest absolute Gasteiger partial charge is 0.225 e. The van der Waals surface area contributed by atoms with Gasteiger partial charge in [-0.2, -0.15) is 4.57 Å². The van der Waals surface area contributed by atoms with Crippen LogP contribution in [0.5, 0.6) is 0 Å². The van der Waals surface area contributed by atoms with Gasteiger partial charge in [-0.05, 0) is 12.1 Å². The van der Waals surface area contributed by atoms with E-state index in [2.05, 4.69) is 28.1 Å². The normalized spacial score (nSPS) is 9.44. The van der Waals surface area contributed by atoms with Crippen molar-refractivity contribution in [3.05, 3.63) is 46.2 Å². The number of aliphatic hydroxyl groups excluding tert-OH is 1. The molecule has 2 aromatic rings. The minimum atomic E-state index is 0. The highest BCUT2D eigenvalue weighted by atomic mass is 35.5. The van der Waals surface area contributed by atoms with Crippen LogP contribution in [0.3, 0.4) is 0 Å². The maximum absolute atomic E-state index is 8.93. The Labute approximate surface area is 123 Å². The summed E-state index contributed by atoms with van der Waals surface area (Å²) in [4.78, 5) is 5.36. The first-order valence-electron chi connectivity index (χ1n) is 5.27. The third-order valence-corrected chi connectivity index (χ3v) is 3.72. The van der Waals surface area contributed by atoms with E-state index in [1.165, 1.54) is 16.1 Å². The van der Waals surface area contributed by atoms with Crippen LogP contribution in [0.25, 0.3) is 0 Å². The van der Waals surface area contributed by atoms with Gasteiger partial charge in [0.05, 0.1) is 4.88 Å². The van der Waals surface area contributed by atoms with Gasteiger partial charge in [-0.25, -0.2) is 0 Å². The van der Waals surface area contributed by atoms with E-state index in [9.17, 15) is 0 Å². The van der Waals surface area contributed by atoms with Crippen LogP contribution in [0.4, 0.5) is 0 Å². The fraction of sp³-hybridized carbons (Fsp3) is 0.333. The average molecular weight is 307 g/mol. The lowest BCUT2D eigenvalue weighted by atomic mass is 10.2. The van der Waals surface area contributed by atoms with Gasteiger partial charge in [0, 0.05) is 37.9 Å². The van der Waals surface area contributed by atoms with Gasteiger partial charge in [0.2, 0.25) is 5.51 Å². The van der Waals surface area contributed by atoms with Gasteiger partial charge in [0.15, 0.2) is 12.2 Å². The Kier molecular flexibility index (Phi) is 8.11. The van der Waals surface area contributed by atoms with Crippen LogP contribution in [0, 0.1) is 6.92 Å².